The van der Waals surface area contributed by atoms with Crippen molar-refractivity contribution >= 4 is 33.2 Å². The van der Waals surface area contributed by atoms with E-state index >= 15 is 0 Å². The van der Waals surface area contributed by atoms with Crippen molar-refractivity contribution in [2.24, 2.45) is 5.92 Å². The first kappa shape index (κ1) is 17.7. The van der Waals surface area contributed by atoms with E-state index in [2.05, 4.69) is 58.5 Å². The molecule has 1 aliphatic carbocycles. The van der Waals surface area contributed by atoms with Crippen LogP contribution in [-0.2, 0) is 0 Å². The lowest BCUT2D eigenvalue weighted by Gasteiger charge is -2.38. The number of fused-ring (bicyclic) bond motifs is 3. The minimum absolute atomic E-state index is 0.193. The Kier molecular flexibility index (Phi) is 4.66. The Bertz CT molecular complexity index is 896. The van der Waals surface area contributed by atoms with Crippen LogP contribution in [0.25, 0.3) is 0 Å². The van der Waals surface area contributed by atoms with Gasteiger partial charge < -0.3 is 14.8 Å². The van der Waals surface area contributed by atoms with E-state index in [0.29, 0.717) is 11.8 Å². The van der Waals surface area contributed by atoms with Crippen LogP contribution in [0.1, 0.15) is 35.1 Å². The molecule has 1 aliphatic heterocycles. The lowest BCUT2D eigenvalue weighted by molar-refractivity contribution is 0.351. The number of benzene rings is 2. The number of halogens is 2. The quantitative estimate of drug-likeness (QED) is 0.579. The maximum atomic E-state index is 6.33. The number of allylic oxidation sites excluding steroid dienone is 2. The second kappa shape index (κ2) is 6.82. The summed E-state index contributed by atoms with van der Waals surface area (Å²) < 4.78 is 11.9. The molecule has 2 aromatic rings. The molecule has 5 heteroatoms. The van der Waals surface area contributed by atoms with Crippen molar-refractivity contribution in [3.05, 3.63) is 62.6 Å². The molecule has 0 fully saturated rings. The Morgan fingerprint density at radius 1 is 1.15 bits per heavy atom. The third kappa shape index (κ3) is 2.80. The normalized spacial score (nSPS) is 23.2. The van der Waals surface area contributed by atoms with Gasteiger partial charge in [0.2, 0.25) is 0 Å². The van der Waals surface area contributed by atoms with E-state index in [-0.39, 0.29) is 6.04 Å². The first-order valence-electron chi connectivity index (χ1n) is 8.68. The summed E-state index contributed by atoms with van der Waals surface area (Å²) in [6.07, 6.45) is 5.65. The SMILES string of the molecule is COc1cc([C@@H]2Nc3c(C)cc(Cl)cc3[C@H]3C=CC[C@H]32)cc(Br)c1OC. The Hall–Kier alpha value is -1.65. The smallest absolute Gasteiger partial charge is 0.174 e. The average Bonchev–Trinajstić information content (AvgIpc) is 3.10. The van der Waals surface area contributed by atoms with Crippen LogP contribution in [0.15, 0.2) is 40.9 Å². The average molecular weight is 435 g/mol. The molecule has 4 rings (SSSR count). The molecule has 0 spiro atoms. The summed E-state index contributed by atoms with van der Waals surface area (Å²) in [5.74, 6) is 2.28. The molecule has 0 unspecified atom stereocenters. The molecule has 3 atom stereocenters. The van der Waals surface area contributed by atoms with E-state index in [9.17, 15) is 0 Å². The highest BCUT2D eigenvalue weighted by Crippen LogP contribution is 2.52. The molecule has 0 radical (unpaired) electrons. The molecule has 2 aromatic carbocycles. The lowest BCUT2D eigenvalue weighted by Crippen LogP contribution is -2.29. The third-order valence-corrected chi connectivity index (χ3v) is 6.25. The summed E-state index contributed by atoms with van der Waals surface area (Å²) in [5.41, 5.74) is 4.85. The highest BCUT2D eigenvalue weighted by atomic mass is 79.9. The zero-order valence-corrected chi connectivity index (χ0v) is 17.3. The molecular weight excluding hydrogens is 414 g/mol. The number of methoxy groups -OCH3 is 2. The molecule has 3 nitrogen and oxygen atoms in total. The maximum Gasteiger partial charge on any atom is 0.174 e. The molecule has 0 amide bonds. The molecule has 0 aromatic heterocycles. The van der Waals surface area contributed by atoms with Crippen LogP contribution in [0.5, 0.6) is 11.5 Å². The fourth-order valence-electron chi connectivity index (χ4n) is 4.29. The minimum atomic E-state index is 0.193. The number of nitrogens with one attached hydrogen (secondary N) is 1. The summed E-state index contributed by atoms with van der Waals surface area (Å²) in [6, 6.07) is 8.52. The fraction of sp³-hybridized carbons (Fsp3) is 0.333. The number of rotatable bonds is 3. The Balaban J connectivity index is 1.82. The van der Waals surface area contributed by atoms with Crippen molar-refractivity contribution in [2.75, 3.05) is 19.5 Å². The minimum Gasteiger partial charge on any atom is -0.493 e. The maximum absolute atomic E-state index is 6.33. The number of hydrogen-bond acceptors (Lipinski definition) is 3. The van der Waals surface area contributed by atoms with Crippen molar-refractivity contribution in [3.8, 4) is 11.5 Å². The van der Waals surface area contributed by atoms with Crippen molar-refractivity contribution in [2.45, 2.75) is 25.3 Å². The third-order valence-electron chi connectivity index (χ3n) is 5.45. The highest BCUT2D eigenvalue weighted by molar-refractivity contribution is 9.10. The van der Waals surface area contributed by atoms with Crippen LogP contribution in [0.3, 0.4) is 0 Å². The van der Waals surface area contributed by atoms with Crippen LogP contribution in [0.4, 0.5) is 5.69 Å². The highest BCUT2D eigenvalue weighted by Gasteiger charge is 2.39. The van der Waals surface area contributed by atoms with Gasteiger partial charge in [-0.15, -0.1) is 0 Å². The Morgan fingerprint density at radius 2 is 1.96 bits per heavy atom. The fourth-order valence-corrected chi connectivity index (χ4v) is 5.19. The van der Waals surface area contributed by atoms with E-state index in [0.717, 1.165) is 27.4 Å². The van der Waals surface area contributed by atoms with E-state index < -0.39 is 0 Å². The monoisotopic (exact) mass is 433 g/mol. The Morgan fingerprint density at radius 3 is 2.69 bits per heavy atom. The number of anilines is 1. The first-order chi connectivity index (χ1) is 12.5. The van der Waals surface area contributed by atoms with Crippen LogP contribution in [-0.4, -0.2) is 14.2 Å². The predicted molar refractivity (Wildman–Crippen MR) is 110 cm³/mol. The topological polar surface area (TPSA) is 30.5 Å². The zero-order valence-electron chi connectivity index (χ0n) is 15.0. The van der Waals surface area contributed by atoms with Crippen molar-refractivity contribution in [1.29, 1.82) is 0 Å². The van der Waals surface area contributed by atoms with Crippen LogP contribution >= 0.6 is 27.5 Å². The molecule has 0 saturated heterocycles. The van der Waals surface area contributed by atoms with Crippen molar-refractivity contribution < 1.29 is 9.47 Å². The van der Waals surface area contributed by atoms with E-state index in [1.54, 1.807) is 14.2 Å². The molecule has 2 aliphatic rings. The van der Waals surface area contributed by atoms with Gasteiger partial charge in [-0.25, -0.2) is 0 Å². The van der Waals surface area contributed by atoms with E-state index in [4.69, 9.17) is 21.1 Å². The Labute approximate surface area is 167 Å². The first-order valence-corrected chi connectivity index (χ1v) is 9.85. The van der Waals surface area contributed by atoms with Gasteiger partial charge in [-0.1, -0.05) is 23.8 Å². The second-order valence-electron chi connectivity index (χ2n) is 6.90. The van der Waals surface area contributed by atoms with E-state index in [1.807, 2.05) is 6.07 Å². The summed E-state index contributed by atoms with van der Waals surface area (Å²) in [5, 5.41) is 4.58. The largest absolute Gasteiger partial charge is 0.493 e. The number of ether oxygens (including phenoxy) is 2. The van der Waals surface area contributed by atoms with Gasteiger partial charge in [0.15, 0.2) is 11.5 Å². The van der Waals surface area contributed by atoms with Gasteiger partial charge in [0.25, 0.3) is 0 Å². The number of hydrogen-bond donors (Lipinski definition) is 1. The molecule has 0 bridgehead atoms. The lowest BCUT2D eigenvalue weighted by atomic mass is 9.76. The van der Waals surface area contributed by atoms with Crippen LogP contribution in [0.2, 0.25) is 5.02 Å². The van der Waals surface area contributed by atoms with Crippen molar-refractivity contribution in [3.63, 3.8) is 0 Å². The molecular formula is C21H21BrClNO2. The van der Waals surface area contributed by atoms with Gasteiger partial charge in [0, 0.05) is 16.6 Å². The summed E-state index contributed by atoms with van der Waals surface area (Å²) in [6.45, 7) is 2.11. The van der Waals surface area contributed by atoms with Crippen LogP contribution < -0.4 is 14.8 Å². The van der Waals surface area contributed by atoms with Gasteiger partial charge in [-0.05, 0) is 76.1 Å². The molecule has 0 saturated carbocycles. The van der Waals surface area contributed by atoms with Gasteiger partial charge in [0.1, 0.15) is 0 Å². The van der Waals surface area contributed by atoms with E-state index in [1.165, 1.54) is 22.4 Å². The summed E-state index contributed by atoms with van der Waals surface area (Å²) in [4.78, 5) is 0. The zero-order chi connectivity index (χ0) is 18.4. The molecule has 136 valence electrons. The summed E-state index contributed by atoms with van der Waals surface area (Å²) >= 11 is 9.96. The molecule has 1 N–H and O–H groups in total. The predicted octanol–water partition coefficient (Wildman–Crippen LogP) is 6.25. The number of aryl methyl sites for hydroxylation is 1. The second-order valence-corrected chi connectivity index (χ2v) is 8.19. The molecule has 1 heterocycles. The van der Waals surface area contributed by atoms with Crippen molar-refractivity contribution in [1.82, 2.24) is 0 Å². The van der Waals surface area contributed by atoms with Gasteiger partial charge in [-0.3, -0.25) is 0 Å². The van der Waals surface area contributed by atoms with Gasteiger partial charge >= 0.3 is 0 Å². The van der Waals surface area contributed by atoms with Gasteiger partial charge in [0.05, 0.1) is 24.7 Å². The van der Waals surface area contributed by atoms with Gasteiger partial charge in [-0.2, -0.15) is 0 Å². The molecule has 26 heavy (non-hydrogen) atoms. The summed E-state index contributed by atoms with van der Waals surface area (Å²) in [7, 11) is 3.32. The standard InChI is InChI=1S/C21H21BrClNO2/c1-11-7-13(23)10-16-14-5-4-6-15(14)20(24-19(11)16)12-8-17(22)21(26-3)18(9-12)25-2/h4-5,7-10,14-15,20,24H,6H2,1-3H3/t14-,15+,20-/m0/s1. The van der Waals surface area contributed by atoms with Crippen LogP contribution in [0, 0.1) is 12.8 Å².